The van der Waals surface area contributed by atoms with E-state index in [1.807, 2.05) is 48.7 Å². The summed E-state index contributed by atoms with van der Waals surface area (Å²) in [5.74, 6) is 0.791. The molecule has 0 saturated heterocycles. The monoisotopic (exact) mass is 310 g/mol. The van der Waals surface area contributed by atoms with E-state index in [2.05, 4.69) is 29.4 Å². The van der Waals surface area contributed by atoms with E-state index in [-0.39, 0.29) is 12.6 Å². The van der Waals surface area contributed by atoms with E-state index in [1.165, 1.54) is 5.56 Å². The molecule has 23 heavy (non-hydrogen) atoms. The highest BCUT2D eigenvalue weighted by atomic mass is 16.5. The molecule has 0 amide bonds. The maximum atomic E-state index is 10.1. The number of ether oxygens (including phenoxy) is 1. The van der Waals surface area contributed by atoms with Crippen molar-refractivity contribution in [2.75, 3.05) is 13.2 Å². The van der Waals surface area contributed by atoms with E-state index in [0.717, 1.165) is 16.7 Å². The lowest BCUT2D eigenvalue weighted by atomic mass is 10.1. The number of H-pyrrole nitrogens is 1. The molecule has 2 atom stereocenters. The number of nitrogens with one attached hydrogen (secondary N) is 2. The second kappa shape index (κ2) is 7.31. The van der Waals surface area contributed by atoms with Crippen molar-refractivity contribution in [2.24, 2.45) is 0 Å². The van der Waals surface area contributed by atoms with Gasteiger partial charge in [-0.3, -0.25) is 0 Å². The van der Waals surface area contributed by atoms with Crippen molar-refractivity contribution in [1.29, 1.82) is 0 Å². The minimum absolute atomic E-state index is 0.193. The van der Waals surface area contributed by atoms with Gasteiger partial charge in [0.1, 0.15) is 18.5 Å². The number of aromatic amines is 1. The molecular weight excluding hydrogens is 288 g/mol. The average molecular weight is 310 g/mol. The van der Waals surface area contributed by atoms with Crippen LogP contribution >= 0.6 is 0 Å². The maximum Gasteiger partial charge on any atom is 0.128 e. The van der Waals surface area contributed by atoms with Crippen LogP contribution in [0, 0.1) is 0 Å². The summed E-state index contributed by atoms with van der Waals surface area (Å²) in [6, 6.07) is 18.2. The van der Waals surface area contributed by atoms with E-state index in [9.17, 15) is 5.11 Å². The van der Waals surface area contributed by atoms with E-state index in [0.29, 0.717) is 6.54 Å². The highest BCUT2D eigenvalue weighted by molar-refractivity contribution is 5.85. The zero-order valence-electron chi connectivity index (χ0n) is 13.2. The second-order valence-electron chi connectivity index (χ2n) is 5.70. The van der Waals surface area contributed by atoms with Crippen LogP contribution in [-0.4, -0.2) is 29.3 Å². The Kier molecular flexibility index (Phi) is 4.95. The zero-order valence-corrected chi connectivity index (χ0v) is 13.2. The Labute approximate surface area is 136 Å². The first kappa shape index (κ1) is 15.6. The summed E-state index contributed by atoms with van der Waals surface area (Å²) >= 11 is 0. The number of aliphatic hydroxyl groups is 1. The van der Waals surface area contributed by atoms with E-state index >= 15 is 0 Å². The molecule has 0 fully saturated rings. The van der Waals surface area contributed by atoms with Crippen molar-refractivity contribution in [1.82, 2.24) is 10.3 Å². The Hall–Kier alpha value is -2.30. The standard InChI is InChI=1S/C19H22N2O2/c1-14(15-6-3-2-4-7-15)21-12-16(22)13-23-19-9-5-8-18-17(19)10-11-20-18/h2-11,14,16,20-22H,12-13H2,1H3. The molecule has 1 heterocycles. The Bertz CT molecular complexity index is 739. The maximum absolute atomic E-state index is 10.1. The van der Waals surface area contributed by atoms with Gasteiger partial charge in [-0.05, 0) is 30.7 Å². The molecule has 2 aromatic carbocycles. The SMILES string of the molecule is CC(NCC(O)COc1cccc2[nH]ccc12)c1ccccc1. The molecule has 0 radical (unpaired) electrons. The normalized spacial score (nSPS) is 13.8. The number of hydrogen-bond donors (Lipinski definition) is 3. The predicted molar refractivity (Wildman–Crippen MR) is 92.7 cm³/mol. The largest absolute Gasteiger partial charge is 0.490 e. The number of benzene rings is 2. The molecule has 0 spiro atoms. The van der Waals surface area contributed by atoms with Crippen molar-refractivity contribution >= 4 is 10.9 Å². The Morgan fingerprint density at radius 1 is 1.09 bits per heavy atom. The molecular formula is C19H22N2O2. The summed E-state index contributed by atoms with van der Waals surface area (Å²) in [5, 5.41) is 14.5. The Balaban J connectivity index is 1.50. The summed E-state index contributed by atoms with van der Waals surface area (Å²) in [6.45, 7) is 2.83. The van der Waals surface area contributed by atoms with Crippen LogP contribution in [0.5, 0.6) is 5.75 Å². The first-order valence-electron chi connectivity index (χ1n) is 7.89. The smallest absolute Gasteiger partial charge is 0.128 e. The number of aromatic nitrogens is 1. The minimum atomic E-state index is -0.560. The topological polar surface area (TPSA) is 57.3 Å². The van der Waals surface area contributed by atoms with Gasteiger partial charge in [0.25, 0.3) is 0 Å². The molecule has 0 aliphatic carbocycles. The molecule has 3 N–H and O–H groups in total. The van der Waals surface area contributed by atoms with Gasteiger partial charge in [0, 0.05) is 29.7 Å². The van der Waals surface area contributed by atoms with Gasteiger partial charge >= 0.3 is 0 Å². The molecule has 0 aliphatic rings. The van der Waals surface area contributed by atoms with Crippen LogP contribution in [0.3, 0.4) is 0 Å². The molecule has 3 aromatic rings. The quantitative estimate of drug-likeness (QED) is 0.628. The Morgan fingerprint density at radius 3 is 2.74 bits per heavy atom. The van der Waals surface area contributed by atoms with Crippen molar-refractivity contribution in [3.8, 4) is 5.75 Å². The van der Waals surface area contributed by atoms with Crippen LogP contribution in [0.15, 0.2) is 60.8 Å². The fourth-order valence-corrected chi connectivity index (χ4v) is 2.60. The lowest BCUT2D eigenvalue weighted by molar-refractivity contribution is 0.105. The van der Waals surface area contributed by atoms with Crippen LogP contribution < -0.4 is 10.1 Å². The lowest BCUT2D eigenvalue weighted by Crippen LogP contribution is -2.33. The second-order valence-corrected chi connectivity index (χ2v) is 5.70. The minimum Gasteiger partial charge on any atom is -0.490 e. The average Bonchev–Trinajstić information content (AvgIpc) is 3.07. The van der Waals surface area contributed by atoms with Crippen molar-refractivity contribution in [2.45, 2.75) is 19.1 Å². The molecule has 2 unspecified atom stereocenters. The van der Waals surface area contributed by atoms with Crippen LogP contribution in [0.4, 0.5) is 0 Å². The molecule has 4 heteroatoms. The molecule has 4 nitrogen and oxygen atoms in total. The fourth-order valence-electron chi connectivity index (χ4n) is 2.60. The van der Waals surface area contributed by atoms with Gasteiger partial charge in [-0.2, -0.15) is 0 Å². The van der Waals surface area contributed by atoms with Crippen molar-refractivity contribution in [3.63, 3.8) is 0 Å². The van der Waals surface area contributed by atoms with Gasteiger partial charge < -0.3 is 20.1 Å². The summed E-state index contributed by atoms with van der Waals surface area (Å²) in [5.41, 5.74) is 2.24. The lowest BCUT2D eigenvalue weighted by Gasteiger charge is -2.18. The fraction of sp³-hybridized carbons (Fsp3) is 0.263. The van der Waals surface area contributed by atoms with Gasteiger partial charge in [-0.25, -0.2) is 0 Å². The third-order valence-corrected chi connectivity index (χ3v) is 3.95. The first-order valence-corrected chi connectivity index (χ1v) is 7.89. The molecule has 0 aliphatic heterocycles. The number of aliphatic hydroxyl groups excluding tert-OH is 1. The Morgan fingerprint density at radius 2 is 1.91 bits per heavy atom. The van der Waals surface area contributed by atoms with Crippen LogP contribution in [0.25, 0.3) is 10.9 Å². The molecule has 0 bridgehead atoms. The zero-order chi connectivity index (χ0) is 16.1. The molecule has 3 rings (SSSR count). The first-order chi connectivity index (χ1) is 11.2. The summed E-state index contributed by atoms with van der Waals surface area (Å²) in [7, 11) is 0. The third kappa shape index (κ3) is 3.92. The summed E-state index contributed by atoms with van der Waals surface area (Å²) in [4.78, 5) is 3.15. The van der Waals surface area contributed by atoms with Gasteiger partial charge in [0.05, 0.1) is 0 Å². The van der Waals surface area contributed by atoms with E-state index in [4.69, 9.17) is 4.74 Å². The number of fused-ring (bicyclic) bond motifs is 1. The predicted octanol–water partition coefficient (Wildman–Crippen LogP) is 3.26. The van der Waals surface area contributed by atoms with Crippen LogP contribution in [0.2, 0.25) is 0 Å². The third-order valence-electron chi connectivity index (χ3n) is 3.95. The summed E-state index contributed by atoms with van der Waals surface area (Å²) < 4.78 is 5.77. The van der Waals surface area contributed by atoms with E-state index in [1.54, 1.807) is 0 Å². The molecule has 1 aromatic heterocycles. The van der Waals surface area contributed by atoms with Crippen LogP contribution in [0.1, 0.15) is 18.5 Å². The summed E-state index contributed by atoms with van der Waals surface area (Å²) in [6.07, 6.45) is 1.33. The van der Waals surface area contributed by atoms with Gasteiger partial charge in [0.2, 0.25) is 0 Å². The molecule has 0 saturated carbocycles. The molecule has 120 valence electrons. The number of rotatable bonds is 7. The number of hydrogen-bond acceptors (Lipinski definition) is 3. The van der Waals surface area contributed by atoms with Crippen molar-refractivity contribution < 1.29 is 9.84 Å². The highest BCUT2D eigenvalue weighted by Gasteiger charge is 2.10. The van der Waals surface area contributed by atoms with Gasteiger partial charge in [-0.15, -0.1) is 0 Å². The van der Waals surface area contributed by atoms with E-state index < -0.39 is 6.10 Å². The van der Waals surface area contributed by atoms with Crippen molar-refractivity contribution in [3.05, 3.63) is 66.4 Å². The van der Waals surface area contributed by atoms with Gasteiger partial charge in [0.15, 0.2) is 0 Å². The van der Waals surface area contributed by atoms with Crippen LogP contribution in [-0.2, 0) is 0 Å². The highest BCUT2D eigenvalue weighted by Crippen LogP contribution is 2.24. The van der Waals surface area contributed by atoms with Gasteiger partial charge in [-0.1, -0.05) is 36.4 Å².